The highest BCUT2D eigenvalue weighted by Crippen LogP contribution is 2.26. The SMILES string of the molecule is CC1CCCN(C(=O)N(C)C2CCN(C)CC2)C1C(=O)O. The van der Waals surface area contributed by atoms with E-state index in [4.69, 9.17) is 0 Å². The minimum atomic E-state index is -0.882. The van der Waals surface area contributed by atoms with Crippen LogP contribution < -0.4 is 0 Å². The Hall–Kier alpha value is -1.30. The van der Waals surface area contributed by atoms with E-state index in [1.165, 1.54) is 0 Å². The molecule has 120 valence electrons. The number of carbonyl (C=O) groups is 2. The first-order valence-corrected chi connectivity index (χ1v) is 7.86. The molecular formula is C15H27N3O3. The van der Waals surface area contributed by atoms with Crippen molar-refractivity contribution in [2.24, 2.45) is 5.92 Å². The summed E-state index contributed by atoms with van der Waals surface area (Å²) in [6.07, 6.45) is 3.68. The summed E-state index contributed by atoms with van der Waals surface area (Å²) in [6, 6.07) is -0.580. The van der Waals surface area contributed by atoms with Crippen LogP contribution in [0.5, 0.6) is 0 Å². The Morgan fingerprint density at radius 2 is 1.76 bits per heavy atom. The Bertz CT molecular complexity index is 394. The maximum Gasteiger partial charge on any atom is 0.326 e. The summed E-state index contributed by atoms with van der Waals surface area (Å²) in [5.74, 6) is -0.863. The number of amides is 2. The van der Waals surface area contributed by atoms with Crippen LogP contribution in [0.15, 0.2) is 0 Å². The van der Waals surface area contributed by atoms with Crippen molar-refractivity contribution in [1.82, 2.24) is 14.7 Å². The zero-order valence-corrected chi connectivity index (χ0v) is 13.3. The summed E-state index contributed by atoms with van der Waals surface area (Å²) in [5, 5.41) is 9.44. The standard InChI is InChI=1S/C15H27N3O3/c1-11-5-4-8-18(13(11)14(19)20)15(21)17(3)12-6-9-16(2)10-7-12/h11-13H,4-10H2,1-3H3,(H,19,20). The molecule has 0 saturated carbocycles. The van der Waals surface area contributed by atoms with Crippen LogP contribution in [0.2, 0.25) is 0 Å². The Labute approximate surface area is 126 Å². The third kappa shape index (κ3) is 3.48. The molecule has 2 unspecified atom stereocenters. The maximum absolute atomic E-state index is 12.7. The van der Waals surface area contributed by atoms with Crippen LogP contribution >= 0.6 is 0 Å². The van der Waals surface area contributed by atoms with Crippen molar-refractivity contribution in [2.75, 3.05) is 33.7 Å². The number of aliphatic carboxylic acids is 1. The van der Waals surface area contributed by atoms with Crippen molar-refractivity contribution in [3.63, 3.8) is 0 Å². The topological polar surface area (TPSA) is 64.1 Å². The highest BCUT2D eigenvalue weighted by atomic mass is 16.4. The lowest BCUT2D eigenvalue weighted by Crippen LogP contribution is -2.57. The van der Waals surface area contributed by atoms with Gasteiger partial charge in [-0.25, -0.2) is 9.59 Å². The summed E-state index contributed by atoms with van der Waals surface area (Å²) < 4.78 is 0. The summed E-state index contributed by atoms with van der Waals surface area (Å²) in [7, 11) is 3.90. The monoisotopic (exact) mass is 297 g/mol. The number of nitrogens with zero attached hydrogens (tertiary/aromatic N) is 3. The predicted molar refractivity (Wildman–Crippen MR) is 80.2 cm³/mol. The molecule has 0 bridgehead atoms. The summed E-state index contributed by atoms with van der Waals surface area (Å²) in [6.45, 7) is 4.45. The van der Waals surface area contributed by atoms with Crippen molar-refractivity contribution >= 4 is 12.0 Å². The smallest absolute Gasteiger partial charge is 0.326 e. The molecule has 2 fully saturated rings. The van der Waals surface area contributed by atoms with Gasteiger partial charge in [0, 0.05) is 19.6 Å². The van der Waals surface area contributed by atoms with E-state index in [0.29, 0.717) is 6.54 Å². The molecule has 2 heterocycles. The second kappa shape index (κ2) is 6.64. The summed E-state index contributed by atoms with van der Waals surface area (Å²) in [5.41, 5.74) is 0. The molecule has 6 nitrogen and oxygen atoms in total. The van der Waals surface area contributed by atoms with Gasteiger partial charge in [-0.15, -0.1) is 0 Å². The number of hydrogen-bond acceptors (Lipinski definition) is 3. The molecule has 2 rings (SSSR count). The molecule has 2 aliphatic rings. The number of hydrogen-bond donors (Lipinski definition) is 1. The number of piperidine rings is 2. The van der Waals surface area contributed by atoms with Gasteiger partial charge in [0.25, 0.3) is 0 Å². The van der Waals surface area contributed by atoms with Gasteiger partial charge in [-0.1, -0.05) is 6.92 Å². The molecule has 21 heavy (non-hydrogen) atoms. The molecule has 1 N–H and O–H groups in total. The quantitative estimate of drug-likeness (QED) is 0.835. The molecule has 2 aliphatic heterocycles. The molecule has 0 aromatic heterocycles. The van der Waals surface area contributed by atoms with Crippen molar-refractivity contribution in [2.45, 2.75) is 44.7 Å². The minimum absolute atomic E-state index is 0.0195. The van der Waals surface area contributed by atoms with Crippen LogP contribution in [0.1, 0.15) is 32.6 Å². The average Bonchev–Trinajstić information content (AvgIpc) is 2.46. The third-order valence-electron chi connectivity index (χ3n) is 4.97. The van der Waals surface area contributed by atoms with Gasteiger partial charge in [0.05, 0.1) is 0 Å². The molecule has 6 heteroatoms. The number of carbonyl (C=O) groups excluding carboxylic acids is 1. The molecule has 0 aromatic rings. The molecule has 0 aliphatic carbocycles. The summed E-state index contributed by atoms with van der Waals surface area (Å²) in [4.78, 5) is 29.8. The summed E-state index contributed by atoms with van der Waals surface area (Å²) >= 11 is 0. The van der Waals surface area contributed by atoms with Crippen molar-refractivity contribution in [1.29, 1.82) is 0 Å². The van der Waals surface area contributed by atoms with E-state index in [0.717, 1.165) is 38.8 Å². The van der Waals surface area contributed by atoms with Crippen LogP contribution in [0.25, 0.3) is 0 Å². The van der Waals surface area contributed by atoms with E-state index in [-0.39, 0.29) is 18.0 Å². The number of likely N-dealkylation sites (tertiary alicyclic amines) is 2. The van der Waals surface area contributed by atoms with Crippen LogP contribution in [0, 0.1) is 5.92 Å². The van der Waals surface area contributed by atoms with Crippen LogP contribution in [-0.4, -0.2) is 77.6 Å². The molecular weight excluding hydrogens is 270 g/mol. The number of carboxylic acid groups (broad SMARTS) is 1. The van der Waals surface area contributed by atoms with E-state index in [1.54, 1.807) is 9.80 Å². The van der Waals surface area contributed by atoms with Gasteiger partial charge in [0.2, 0.25) is 0 Å². The van der Waals surface area contributed by atoms with Gasteiger partial charge >= 0.3 is 12.0 Å². The molecule has 0 radical (unpaired) electrons. The highest BCUT2D eigenvalue weighted by Gasteiger charge is 2.39. The normalized spacial score (nSPS) is 28.4. The van der Waals surface area contributed by atoms with E-state index < -0.39 is 12.0 Å². The predicted octanol–water partition coefficient (Wildman–Crippen LogP) is 1.32. The first-order chi connectivity index (χ1) is 9.91. The fraction of sp³-hybridized carbons (Fsp3) is 0.867. The Kier molecular flexibility index (Phi) is 5.08. The van der Waals surface area contributed by atoms with E-state index in [1.807, 2.05) is 14.0 Å². The van der Waals surface area contributed by atoms with Crippen molar-refractivity contribution in [3.8, 4) is 0 Å². The van der Waals surface area contributed by atoms with Gasteiger partial charge in [-0.05, 0) is 51.7 Å². The largest absolute Gasteiger partial charge is 0.480 e. The van der Waals surface area contributed by atoms with Gasteiger partial charge in [-0.3, -0.25) is 0 Å². The molecule has 0 spiro atoms. The van der Waals surface area contributed by atoms with E-state index >= 15 is 0 Å². The molecule has 0 aromatic carbocycles. The lowest BCUT2D eigenvalue weighted by Gasteiger charge is -2.42. The highest BCUT2D eigenvalue weighted by molar-refractivity contribution is 5.83. The van der Waals surface area contributed by atoms with Gasteiger partial charge in [-0.2, -0.15) is 0 Å². The van der Waals surface area contributed by atoms with Crippen molar-refractivity contribution < 1.29 is 14.7 Å². The second-order valence-corrected chi connectivity index (χ2v) is 6.52. The minimum Gasteiger partial charge on any atom is -0.480 e. The zero-order chi connectivity index (χ0) is 15.6. The van der Waals surface area contributed by atoms with Gasteiger partial charge in [0.1, 0.15) is 6.04 Å². The van der Waals surface area contributed by atoms with Crippen LogP contribution in [0.3, 0.4) is 0 Å². The maximum atomic E-state index is 12.7. The first kappa shape index (κ1) is 16.1. The zero-order valence-electron chi connectivity index (χ0n) is 13.3. The molecule has 2 saturated heterocycles. The Morgan fingerprint density at radius 3 is 2.33 bits per heavy atom. The number of carboxylic acids is 1. The van der Waals surface area contributed by atoms with E-state index in [9.17, 15) is 14.7 Å². The molecule has 2 amide bonds. The fourth-order valence-electron chi connectivity index (χ4n) is 3.52. The van der Waals surface area contributed by atoms with Crippen LogP contribution in [-0.2, 0) is 4.79 Å². The lowest BCUT2D eigenvalue weighted by molar-refractivity contribution is -0.145. The lowest BCUT2D eigenvalue weighted by atomic mass is 9.91. The number of rotatable bonds is 2. The Balaban J connectivity index is 2.04. The number of urea groups is 1. The third-order valence-corrected chi connectivity index (χ3v) is 4.97. The van der Waals surface area contributed by atoms with Crippen molar-refractivity contribution in [3.05, 3.63) is 0 Å². The van der Waals surface area contributed by atoms with E-state index in [2.05, 4.69) is 11.9 Å². The first-order valence-electron chi connectivity index (χ1n) is 7.86. The van der Waals surface area contributed by atoms with Crippen LogP contribution in [0.4, 0.5) is 4.79 Å². The van der Waals surface area contributed by atoms with Gasteiger partial charge in [0.15, 0.2) is 0 Å². The average molecular weight is 297 g/mol. The fourth-order valence-corrected chi connectivity index (χ4v) is 3.52. The Morgan fingerprint density at radius 1 is 1.14 bits per heavy atom. The molecule has 2 atom stereocenters. The van der Waals surface area contributed by atoms with Gasteiger partial charge < -0.3 is 19.8 Å². The second-order valence-electron chi connectivity index (χ2n) is 6.52.